The third-order valence-electron chi connectivity index (χ3n) is 9.04. The molecule has 27 heavy (non-hydrogen) atoms. The summed E-state index contributed by atoms with van der Waals surface area (Å²) in [4.78, 5) is 12.6. The number of hydrogen-bond acceptors (Lipinski definition) is 2. The second-order valence-electron chi connectivity index (χ2n) is 10.8. The monoisotopic (exact) mass is 368 g/mol. The summed E-state index contributed by atoms with van der Waals surface area (Å²) in [5.41, 5.74) is 5.85. The van der Waals surface area contributed by atoms with Crippen molar-refractivity contribution in [3.63, 3.8) is 0 Å². The quantitative estimate of drug-likeness (QED) is 0.576. The predicted molar refractivity (Wildman–Crippen MR) is 111 cm³/mol. The first-order valence-electron chi connectivity index (χ1n) is 10.8. The van der Waals surface area contributed by atoms with Crippen molar-refractivity contribution in [2.45, 2.75) is 85.5 Å². The summed E-state index contributed by atoms with van der Waals surface area (Å²) in [7, 11) is 1.73. The van der Waals surface area contributed by atoms with Gasteiger partial charge in [0, 0.05) is 5.56 Å². The standard InChI is InChI=1S/C25H36O2/c1-15-17-14-21-24(5)11-8-10-23(3,4)20(24)9-12-25(21,6)22(17)18(16(2)26)13-19(15)27-7/h13,20-21H,8-12,14H2,1-7H3/t20?,21-,24+,25-/m1/s1. The lowest BCUT2D eigenvalue weighted by Gasteiger charge is -2.61. The Morgan fingerprint density at radius 1 is 1.11 bits per heavy atom. The van der Waals surface area contributed by atoms with Gasteiger partial charge in [-0.25, -0.2) is 0 Å². The van der Waals surface area contributed by atoms with Crippen molar-refractivity contribution in [3.8, 4) is 5.75 Å². The van der Waals surface area contributed by atoms with Crippen LogP contribution < -0.4 is 4.74 Å². The first kappa shape index (κ1) is 19.0. The summed E-state index contributed by atoms with van der Waals surface area (Å²) in [6.07, 6.45) is 7.64. The van der Waals surface area contributed by atoms with Crippen LogP contribution in [-0.4, -0.2) is 12.9 Å². The third-order valence-corrected chi connectivity index (χ3v) is 9.04. The second kappa shape index (κ2) is 5.84. The zero-order valence-corrected chi connectivity index (χ0v) is 18.3. The van der Waals surface area contributed by atoms with Crippen LogP contribution in [0.3, 0.4) is 0 Å². The zero-order chi connectivity index (χ0) is 19.8. The molecule has 4 atom stereocenters. The van der Waals surface area contributed by atoms with E-state index < -0.39 is 0 Å². The fourth-order valence-electron chi connectivity index (χ4n) is 7.82. The van der Waals surface area contributed by atoms with Crippen molar-refractivity contribution in [1.82, 2.24) is 0 Å². The Morgan fingerprint density at radius 2 is 1.81 bits per heavy atom. The smallest absolute Gasteiger partial charge is 0.160 e. The summed E-state index contributed by atoms with van der Waals surface area (Å²) >= 11 is 0. The molecule has 4 rings (SSSR count). The van der Waals surface area contributed by atoms with Gasteiger partial charge in [-0.3, -0.25) is 4.79 Å². The van der Waals surface area contributed by atoms with Crippen LogP contribution in [0.2, 0.25) is 0 Å². The van der Waals surface area contributed by atoms with Gasteiger partial charge >= 0.3 is 0 Å². The molecule has 0 heterocycles. The maximum atomic E-state index is 12.6. The van der Waals surface area contributed by atoms with Crippen molar-refractivity contribution in [1.29, 1.82) is 0 Å². The SMILES string of the molecule is COc1cc(C(C)=O)c2c(c1C)C[C@H]1[C@@]2(C)CCC2C(C)(C)CCC[C@@]21C. The third kappa shape index (κ3) is 2.41. The van der Waals surface area contributed by atoms with E-state index in [0.29, 0.717) is 16.7 Å². The van der Waals surface area contributed by atoms with E-state index in [9.17, 15) is 4.79 Å². The molecule has 0 radical (unpaired) electrons. The van der Waals surface area contributed by atoms with Crippen LogP contribution >= 0.6 is 0 Å². The molecule has 0 aromatic heterocycles. The summed E-state index contributed by atoms with van der Waals surface area (Å²) in [6, 6.07) is 2.02. The fourth-order valence-corrected chi connectivity index (χ4v) is 7.82. The number of carbonyl (C=O) groups is 1. The van der Waals surface area contributed by atoms with E-state index in [1.165, 1.54) is 48.8 Å². The Balaban J connectivity index is 1.91. The predicted octanol–water partition coefficient (Wildman–Crippen LogP) is 6.26. The number of Topliss-reactive ketones (excluding diaryl/α,β-unsaturated/α-hetero) is 1. The lowest BCUT2D eigenvalue weighted by atomic mass is 9.43. The minimum absolute atomic E-state index is 0.117. The highest BCUT2D eigenvalue weighted by atomic mass is 16.5. The second-order valence-corrected chi connectivity index (χ2v) is 10.8. The highest BCUT2D eigenvalue weighted by Gasteiger charge is 2.61. The van der Waals surface area contributed by atoms with Crippen LogP contribution in [0.5, 0.6) is 5.75 Å². The molecule has 2 saturated carbocycles. The topological polar surface area (TPSA) is 26.3 Å². The molecule has 0 amide bonds. The van der Waals surface area contributed by atoms with Gasteiger partial charge in [-0.15, -0.1) is 0 Å². The van der Waals surface area contributed by atoms with Crippen LogP contribution in [0, 0.1) is 29.6 Å². The van der Waals surface area contributed by atoms with E-state index in [1.807, 2.05) is 6.07 Å². The first-order valence-corrected chi connectivity index (χ1v) is 10.8. The van der Waals surface area contributed by atoms with Crippen molar-refractivity contribution < 1.29 is 9.53 Å². The molecule has 2 fully saturated rings. The molecule has 2 nitrogen and oxygen atoms in total. The van der Waals surface area contributed by atoms with Gasteiger partial charge in [0.25, 0.3) is 0 Å². The van der Waals surface area contributed by atoms with E-state index >= 15 is 0 Å². The summed E-state index contributed by atoms with van der Waals surface area (Å²) < 4.78 is 5.66. The van der Waals surface area contributed by atoms with Gasteiger partial charge in [0.1, 0.15) is 5.75 Å². The number of methoxy groups -OCH3 is 1. The number of benzene rings is 1. The molecule has 0 aliphatic heterocycles. The van der Waals surface area contributed by atoms with E-state index in [2.05, 4.69) is 34.6 Å². The number of carbonyl (C=O) groups excluding carboxylic acids is 1. The average Bonchev–Trinajstić information content (AvgIpc) is 2.90. The van der Waals surface area contributed by atoms with Crippen molar-refractivity contribution in [2.24, 2.45) is 22.7 Å². The molecule has 0 spiro atoms. The van der Waals surface area contributed by atoms with E-state index in [4.69, 9.17) is 4.74 Å². The van der Waals surface area contributed by atoms with Gasteiger partial charge in [-0.1, -0.05) is 34.1 Å². The van der Waals surface area contributed by atoms with Crippen LogP contribution in [-0.2, 0) is 11.8 Å². The van der Waals surface area contributed by atoms with Crippen molar-refractivity contribution >= 4 is 5.78 Å². The van der Waals surface area contributed by atoms with Gasteiger partial charge in [0.2, 0.25) is 0 Å². The first-order chi connectivity index (χ1) is 12.6. The number of fused-ring (bicyclic) bond motifs is 5. The average molecular weight is 369 g/mol. The van der Waals surface area contributed by atoms with E-state index in [-0.39, 0.29) is 11.2 Å². The highest BCUT2D eigenvalue weighted by molar-refractivity contribution is 5.97. The number of rotatable bonds is 2. The Bertz CT molecular complexity index is 805. The molecule has 3 aliphatic rings. The Kier molecular flexibility index (Phi) is 4.12. The fraction of sp³-hybridized carbons (Fsp3) is 0.720. The highest BCUT2D eigenvalue weighted by Crippen LogP contribution is 2.68. The maximum absolute atomic E-state index is 12.6. The molecule has 0 bridgehead atoms. The lowest BCUT2D eigenvalue weighted by molar-refractivity contribution is -0.0983. The number of ketones is 1. The lowest BCUT2D eigenvalue weighted by Crippen LogP contribution is -2.55. The summed E-state index contributed by atoms with van der Waals surface area (Å²) in [6.45, 7) is 13.9. The van der Waals surface area contributed by atoms with Gasteiger partial charge < -0.3 is 4.74 Å². The normalized spacial score (nSPS) is 36.6. The summed E-state index contributed by atoms with van der Waals surface area (Å²) in [5.74, 6) is 2.48. The van der Waals surface area contributed by atoms with Crippen molar-refractivity contribution in [2.75, 3.05) is 7.11 Å². The maximum Gasteiger partial charge on any atom is 0.160 e. The van der Waals surface area contributed by atoms with Crippen LogP contribution in [0.25, 0.3) is 0 Å². The van der Waals surface area contributed by atoms with Crippen LogP contribution in [0.1, 0.15) is 93.8 Å². The molecule has 1 unspecified atom stereocenters. The Hall–Kier alpha value is -1.31. The van der Waals surface area contributed by atoms with Crippen LogP contribution in [0.15, 0.2) is 6.07 Å². The van der Waals surface area contributed by atoms with Crippen LogP contribution in [0.4, 0.5) is 0 Å². The van der Waals surface area contributed by atoms with Crippen molar-refractivity contribution in [3.05, 3.63) is 28.3 Å². The van der Waals surface area contributed by atoms with E-state index in [0.717, 1.165) is 23.7 Å². The Morgan fingerprint density at radius 3 is 2.44 bits per heavy atom. The van der Waals surface area contributed by atoms with Gasteiger partial charge in [0.15, 0.2) is 5.78 Å². The molecule has 3 aliphatic carbocycles. The largest absolute Gasteiger partial charge is 0.496 e. The minimum atomic E-state index is 0.117. The molecule has 2 heteroatoms. The molecule has 0 saturated heterocycles. The molecule has 1 aromatic carbocycles. The number of ether oxygens (including phenoxy) is 1. The zero-order valence-electron chi connectivity index (χ0n) is 18.3. The molecular formula is C25H36O2. The molecule has 0 N–H and O–H groups in total. The van der Waals surface area contributed by atoms with Gasteiger partial charge in [-0.2, -0.15) is 0 Å². The Labute approximate surface area is 165 Å². The summed E-state index contributed by atoms with van der Waals surface area (Å²) in [5, 5.41) is 0. The molecule has 148 valence electrons. The minimum Gasteiger partial charge on any atom is -0.496 e. The van der Waals surface area contributed by atoms with Gasteiger partial charge in [-0.05, 0) is 96.8 Å². The molecule has 1 aromatic rings. The van der Waals surface area contributed by atoms with E-state index in [1.54, 1.807) is 14.0 Å². The number of hydrogen-bond donors (Lipinski definition) is 0. The van der Waals surface area contributed by atoms with Gasteiger partial charge in [0.05, 0.1) is 7.11 Å². The molecular weight excluding hydrogens is 332 g/mol.